The molecular weight excluding hydrogens is 328 g/mol. The first kappa shape index (κ1) is 19.7. The highest BCUT2D eigenvalue weighted by molar-refractivity contribution is 5.79. The van der Waals surface area contributed by atoms with E-state index in [1.165, 1.54) is 11.1 Å². The molecule has 26 heavy (non-hydrogen) atoms. The molecule has 0 aliphatic heterocycles. The van der Waals surface area contributed by atoms with Crippen LogP contribution in [0.5, 0.6) is 11.6 Å². The molecule has 0 spiro atoms. The van der Waals surface area contributed by atoms with Crippen molar-refractivity contribution in [3.05, 3.63) is 53.2 Å². The highest BCUT2D eigenvalue weighted by atomic mass is 16.5. The van der Waals surface area contributed by atoms with E-state index < -0.39 is 0 Å². The number of nitrogens with zero attached hydrogens (tertiary/aromatic N) is 2. The number of aromatic nitrogens is 1. The van der Waals surface area contributed by atoms with Gasteiger partial charge in [-0.15, -0.1) is 0 Å². The summed E-state index contributed by atoms with van der Waals surface area (Å²) in [5.41, 5.74) is 3.51. The number of hydrogen-bond acceptors (Lipinski definition) is 4. The minimum absolute atomic E-state index is 0.579. The number of pyridine rings is 1. The van der Waals surface area contributed by atoms with Crippen molar-refractivity contribution in [2.75, 3.05) is 27.3 Å². The minimum Gasteiger partial charge on any atom is -0.439 e. The lowest BCUT2D eigenvalue weighted by Gasteiger charge is -2.12. The number of rotatable bonds is 8. The van der Waals surface area contributed by atoms with Crippen LogP contribution in [-0.4, -0.2) is 38.3 Å². The van der Waals surface area contributed by atoms with E-state index in [0.717, 1.165) is 36.8 Å². The lowest BCUT2D eigenvalue weighted by Crippen LogP contribution is -2.37. The Bertz CT molecular complexity index is 732. The quantitative estimate of drug-likeness (QED) is 0.432. The molecule has 0 amide bonds. The van der Waals surface area contributed by atoms with E-state index in [2.05, 4.69) is 40.5 Å². The van der Waals surface area contributed by atoms with Crippen LogP contribution in [0, 0.1) is 13.8 Å². The fourth-order valence-electron chi connectivity index (χ4n) is 2.34. The Balaban J connectivity index is 1.90. The van der Waals surface area contributed by atoms with Gasteiger partial charge in [0.1, 0.15) is 5.75 Å². The van der Waals surface area contributed by atoms with Crippen molar-refractivity contribution in [2.24, 2.45) is 4.99 Å². The first-order valence-corrected chi connectivity index (χ1v) is 8.76. The Labute approximate surface area is 155 Å². The Morgan fingerprint density at radius 1 is 1.12 bits per heavy atom. The van der Waals surface area contributed by atoms with Gasteiger partial charge in [-0.25, -0.2) is 4.98 Å². The first-order valence-electron chi connectivity index (χ1n) is 8.76. The molecule has 2 rings (SSSR count). The third-order valence-corrected chi connectivity index (χ3v) is 4.00. The number of methoxy groups -OCH3 is 1. The Hall–Kier alpha value is -2.60. The molecule has 2 N–H and O–H groups in total. The number of guanidine groups is 1. The van der Waals surface area contributed by atoms with Crippen molar-refractivity contribution in [2.45, 2.75) is 26.8 Å². The molecule has 1 heterocycles. The summed E-state index contributed by atoms with van der Waals surface area (Å²) in [6.45, 7) is 6.33. The normalized spacial score (nSPS) is 11.3. The van der Waals surface area contributed by atoms with Gasteiger partial charge in [-0.05, 0) is 55.2 Å². The summed E-state index contributed by atoms with van der Waals surface area (Å²) in [6.07, 6.45) is 2.68. The second-order valence-corrected chi connectivity index (χ2v) is 6.05. The molecule has 0 aliphatic carbocycles. The molecule has 0 bridgehead atoms. The SMILES string of the molecule is CN=C(NCCCOC)NCc1ccnc(Oc2ccc(C)c(C)c2)c1. The molecule has 0 radical (unpaired) electrons. The van der Waals surface area contributed by atoms with Gasteiger partial charge in [0.05, 0.1) is 0 Å². The Morgan fingerprint density at radius 3 is 2.69 bits per heavy atom. The standard InChI is InChI=1S/C20H28N4O2/c1-15-6-7-18(12-16(15)2)26-19-13-17(8-10-22-19)14-24-20(21-3)23-9-5-11-25-4/h6-8,10,12-13H,5,9,11,14H2,1-4H3,(H2,21,23,24). The zero-order valence-corrected chi connectivity index (χ0v) is 16.0. The smallest absolute Gasteiger partial charge is 0.219 e. The highest BCUT2D eigenvalue weighted by Gasteiger charge is 2.03. The van der Waals surface area contributed by atoms with Crippen LogP contribution in [0.25, 0.3) is 0 Å². The highest BCUT2D eigenvalue weighted by Crippen LogP contribution is 2.22. The first-order chi connectivity index (χ1) is 12.6. The molecule has 0 saturated carbocycles. The van der Waals surface area contributed by atoms with Crippen LogP contribution in [0.4, 0.5) is 0 Å². The molecule has 1 aromatic heterocycles. The summed E-state index contributed by atoms with van der Waals surface area (Å²) >= 11 is 0. The van der Waals surface area contributed by atoms with E-state index in [-0.39, 0.29) is 0 Å². The third kappa shape index (κ3) is 6.37. The van der Waals surface area contributed by atoms with Gasteiger partial charge in [0.2, 0.25) is 5.88 Å². The number of aryl methyl sites for hydroxylation is 2. The molecule has 0 aliphatic rings. The van der Waals surface area contributed by atoms with Crippen molar-refractivity contribution in [3.63, 3.8) is 0 Å². The summed E-state index contributed by atoms with van der Waals surface area (Å²) in [7, 11) is 3.46. The van der Waals surface area contributed by atoms with Crippen molar-refractivity contribution in [1.29, 1.82) is 0 Å². The zero-order chi connectivity index (χ0) is 18.8. The summed E-state index contributed by atoms with van der Waals surface area (Å²) in [5.74, 6) is 2.13. The van der Waals surface area contributed by atoms with E-state index in [4.69, 9.17) is 9.47 Å². The van der Waals surface area contributed by atoms with Crippen LogP contribution in [0.2, 0.25) is 0 Å². The van der Waals surface area contributed by atoms with E-state index >= 15 is 0 Å². The number of aliphatic imine (C=N–C) groups is 1. The molecule has 0 fully saturated rings. The summed E-state index contributed by atoms with van der Waals surface area (Å²) in [4.78, 5) is 8.51. The van der Waals surface area contributed by atoms with Gasteiger partial charge in [0.15, 0.2) is 5.96 Å². The van der Waals surface area contributed by atoms with Gasteiger partial charge < -0.3 is 20.1 Å². The molecular formula is C20H28N4O2. The van der Waals surface area contributed by atoms with E-state index in [1.807, 2.05) is 24.3 Å². The second kappa shape index (κ2) is 10.4. The molecule has 6 nitrogen and oxygen atoms in total. The van der Waals surface area contributed by atoms with E-state index in [0.29, 0.717) is 12.4 Å². The molecule has 2 aromatic rings. The maximum atomic E-state index is 5.88. The number of hydrogen-bond donors (Lipinski definition) is 2. The average Bonchev–Trinajstić information content (AvgIpc) is 2.64. The molecule has 6 heteroatoms. The molecule has 0 unspecified atom stereocenters. The van der Waals surface area contributed by atoms with Crippen LogP contribution in [0.1, 0.15) is 23.1 Å². The van der Waals surface area contributed by atoms with Crippen molar-refractivity contribution < 1.29 is 9.47 Å². The predicted octanol–water partition coefficient (Wildman–Crippen LogP) is 3.19. The summed E-state index contributed by atoms with van der Waals surface area (Å²) in [6, 6.07) is 9.92. The fraction of sp³-hybridized carbons (Fsp3) is 0.400. The lowest BCUT2D eigenvalue weighted by atomic mass is 10.1. The molecule has 1 aromatic carbocycles. The molecule has 140 valence electrons. The predicted molar refractivity (Wildman–Crippen MR) is 105 cm³/mol. The van der Waals surface area contributed by atoms with Gasteiger partial charge in [0.25, 0.3) is 0 Å². The largest absolute Gasteiger partial charge is 0.439 e. The second-order valence-electron chi connectivity index (χ2n) is 6.05. The van der Waals surface area contributed by atoms with Gasteiger partial charge in [0, 0.05) is 46.1 Å². The van der Waals surface area contributed by atoms with Gasteiger partial charge >= 0.3 is 0 Å². The van der Waals surface area contributed by atoms with Crippen LogP contribution in [0.15, 0.2) is 41.5 Å². The topological polar surface area (TPSA) is 67.8 Å². The average molecular weight is 356 g/mol. The zero-order valence-electron chi connectivity index (χ0n) is 16.0. The van der Waals surface area contributed by atoms with Crippen molar-refractivity contribution in [3.8, 4) is 11.6 Å². The number of ether oxygens (including phenoxy) is 2. The maximum Gasteiger partial charge on any atom is 0.219 e. The van der Waals surface area contributed by atoms with Gasteiger partial charge in [-0.1, -0.05) is 6.07 Å². The molecule has 0 atom stereocenters. The number of nitrogens with one attached hydrogen (secondary N) is 2. The van der Waals surface area contributed by atoms with Crippen LogP contribution < -0.4 is 15.4 Å². The van der Waals surface area contributed by atoms with Gasteiger partial charge in [-0.2, -0.15) is 0 Å². The summed E-state index contributed by atoms with van der Waals surface area (Å²) < 4.78 is 10.9. The fourth-order valence-corrected chi connectivity index (χ4v) is 2.34. The van der Waals surface area contributed by atoms with E-state index in [1.54, 1.807) is 20.4 Å². The summed E-state index contributed by atoms with van der Waals surface area (Å²) in [5, 5.41) is 6.54. The molecule has 0 saturated heterocycles. The lowest BCUT2D eigenvalue weighted by molar-refractivity contribution is 0.195. The monoisotopic (exact) mass is 356 g/mol. The van der Waals surface area contributed by atoms with Crippen LogP contribution >= 0.6 is 0 Å². The minimum atomic E-state index is 0.579. The van der Waals surface area contributed by atoms with Gasteiger partial charge in [-0.3, -0.25) is 4.99 Å². The van der Waals surface area contributed by atoms with Crippen molar-refractivity contribution in [1.82, 2.24) is 15.6 Å². The maximum absolute atomic E-state index is 5.88. The Kier molecular flexibility index (Phi) is 7.89. The van der Waals surface area contributed by atoms with Crippen LogP contribution in [0.3, 0.4) is 0 Å². The third-order valence-electron chi connectivity index (χ3n) is 4.00. The number of benzene rings is 1. The van der Waals surface area contributed by atoms with Crippen molar-refractivity contribution >= 4 is 5.96 Å². The van der Waals surface area contributed by atoms with E-state index in [9.17, 15) is 0 Å². The van der Waals surface area contributed by atoms with Crippen LogP contribution in [-0.2, 0) is 11.3 Å². The Morgan fingerprint density at radius 2 is 1.96 bits per heavy atom.